The quantitative estimate of drug-likeness (QED) is 0.616. The number of benzene rings is 2. The van der Waals surface area contributed by atoms with Crippen LogP contribution in [0.1, 0.15) is 18.9 Å². The van der Waals surface area contributed by atoms with Crippen LogP contribution in [0.3, 0.4) is 0 Å². The van der Waals surface area contributed by atoms with Gasteiger partial charge in [0.15, 0.2) is 11.5 Å². The van der Waals surface area contributed by atoms with E-state index < -0.39 is 5.91 Å². The molecular weight excluding hydrogens is 400 g/mol. The van der Waals surface area contributed by atoms with Gasteiger partial charge in [0, 0.05) is 30.4 Å². The molecule has 8 heteroatoms. The number of amides is 2. The highest BCUT2D eigenvalue weighted by molar-refractivity contribution is 6.36. The highest BCUT2D eigenvalue weighted by Crippen LogP contribution is 2.36. The summed E-state index contributed by atoms with van der Waals surface area (Å²) in [4.78, 5) is 27.6. The first-order valence-electron chi connectivity index (χ1n) is 9.80. The van der Waals surface area contributed by atoms with Gasteiger partial charge in [0.25, 0.3) is 11.8 Å². The van der Waals surface area contributed by atoms with E-state index in [1.54, 1.807) is 50.6 Å². The van der Waals surface area contributed by atoms with Gasteiger partial charge in [-0.3, -0.25) is 14.5 Å². The number of hydrogen-bond donors (Lipinski definition) is 1. The van der Waals surface area contributed by atoms with Crippen LogP contribution in [0.5, 0.6) is 23.0 Å². The number of anilines is 1. The molecule has 0 radical (unpaired) electrons. The van der Waals surface area contributed by atoms with Gasteiger partial charge in [0.05, 0.1) is 34.0 Å². The lowest BCUT2D eigenvalue weighted by molar-refractivity contribution is -0.136. The van der Waals surface area contributed by atoms with Crippen LogP contribution in [-0.4, -0.2) is 51.7 Å². The van der Waals surface area contributed by atoms with E-state index in [1.165, 1.54) is 19.1 Å². The molecule has 0 unspecified atom stereocenters. The number of carbonyl (C=O) groups excluding carboxylic acids is 2. The minimum atomic E-state index is -0.390. The van der Waals surface area contributed by atoms with Crippen molar-refractivity contribution in [3.8, 4) is 23.0 Å². The average molecular weight is 426 g/mol. The molecule has 1 heterocycles. The van der Waals surface area contributed by atoms with Crippen LogP contribution >= 0.6 is 0 Å². The second-order valence-electron chi connectivity index (χ2n) is 6.81. The van der Waals surface area contributed by atoms with Gasteiger partial charge in [0.2, 0.25) is 0 Å². The van der Waals surface area contributed by atoms with E-state index in [2.05, 4.69) is 5.32 Å². The Morgan fingerprint density at radius 3 is 2.00 bits per heavy atom. The number of nitrogens with zero attached hydrogens (tertiary/aromatic N) is 1. The van der Waals surface area contributed by atoms with Crippen LogP contribution < -0.4 is 24.3 Å². The molecule has 0 aromatic heterocycles. The number of ether oxygens (including phenoxy) is 4. The van der Waals surface area contributed by atoms with Gasteiger partial charge in [-0.2, -0.15) is 0 Å². The first-order chi connectivity index (χ1) is 15.0. The van der Waals surface area contributed by atoms with Crippen molar-refractivity contribution in [3.63, 3.8) is 0 Å². The fraction of sp³-hybridized carbons (Fsp3) is 0.304. The van der Waals surface area contributed by atoms with E-state index >= 15 is 0 Å². The Balaban J connectivity index is 2.13. The number of methoxy groups -OCH3 is 4. The van der Waals surface area contributed by atoms with Crippen LogP contribution in [0.25, 0.3) is 5.57 Å². The van der Waals surface area contributed by atoms with E-state index in [0.29, 0.717) is 47.2 Å². The number of rotatable bonds is 9. The molecule has 2 amide bonds. The molecule has 1 N–H and O–H groups in total. The molecule has 8 nitrogen and oxygen atoms in total. The molecule has 2 aromatic carbocycles. The monoisotopic (exact) mass is 426 g/mol. The van der Waals surface area contributed by atoms with Gasteiger partial charge in [-0.05, 0) is 24.1 Å². The van der Waals surface area contributed by atoms with E-state index in [0.717, 1.165) is 0 Å². The van der Waals surface area contributed by atoms with Crippen molar-refractivity contribution in [2.24, 2.45) is 0 Å². The van der Waals surface area contributed by atoms with Crippen LogP contribution in [0.4, 0.5) is 5.69 Å². The zero-order valence-electron chi connectivity index (χ0n) is 18.3. The maximum atomic E-state index is 13.2. The van der Waals surface area contributed by atoms with Gasteiger partial charge >= 0.3 is 0 Å². The third kappa shape index (κ3) is 4.28. The molecule has 0 atom stereocenters. The molecule has 0 fully saturated rings. The van der Waals surface area contributed by atoms with Crippen LogP contribution in [0, 0.1) is 0 Å². The van der Waals surface area contributed by atoms with Gasteiger partial charge in [-0.1, -0.05) is 13.0 Å². The van der Waals surface area contributed by atoms with Crippen LogP contribution in [0.2, 0.25) is 0 Å². The summed E-state index contributed by atoms with van der Waals surface area (Å²) in [7, 11) is 6.14. The molecule has 1 aliphatic rings. The predicted octanol–water partition coefficient (Wildman–Crippen LogP) is 3.32. The van der Waals surface area contributed by atoms with Gasteiger partial charge in [-0.15, -0.1) is 0 Å². The number of carbonyl (C=O) groups is 2. The predicted molar refractivity (Wildman–Crippen MR) is 117 cm³/mol. The largest absolute Gasteiger partial charge is 0.497 e. The summed E-state index contributed by atoms with van der Waals surface area (Å²) in [6.45, 7) is 2.23. The zero-order valence-corrected chi connectivity index (χ0v) is 18.3. The summed E-state index contributed by atoms with van der Waals surface area (Å²) < 4.78 is 21.3. The fourth-order valence-corrected chi connectivity index (χ4v) is 3.40. The molecule has 0 aliphatic carbocycles. The fourth-order valence-electron chi connectivity index (χ4n) is 3.40. The van der Waals surface area contributed by atoms with E-state index in [-0.39, 0.29) is 17.2 Å². The third-order valence-corrected chi connectivity index (χ3v) is 4.91. The summed E-state index contributed by atoms with van der Waals surface area (Å²) in [6, 6.07) is 10.3. The molecular formula is C23H26N2O6. The minimum Gasteiger partial charge on any atom is -0.497 e. The molecule has 31 heavy (non-hydrogen) atoms. The standard InChI is InChI=1S/C23H26N2O6/c1-6-9-25-22(26)20(14-7-8-18(30-4)19(10-14)31-5)21(23(25)27)24-15-11-16(28-2)13-17(12-15)29-3/h7-8,10-13,24H,6,9H2,1-5H3. The van der Waals surface area contributed by atoms with Crippen LogP contribution in [0.15, 0.2) is 42.1 Å². The van der Waals surface area contributed by atoms with Crippen molar-refractivity contribution >= 4 is 23.1 Å². The Morgan fingerprint density at radius 1 is 0.806 bits per heavy atom. The van der Waals surface area contributed by atoms with Crippen molar-refractivity contribution < 1.29 is 28.5 Å². The van der Waals surface area contributed by atoms with Gasteiger partial charge < -0.3 is 24.3 Å². The number of nitrogens with one attached hydrogen (secondary N) is 1. The van der Waals surface area contributed by atoms with E-state index in [4.69, 9.17) is 18.9 Å². The van der Waals surface area contributed by atoms with E-state index in [1.807, 2.05) is 6.92 Å². The Bertz CT molecular complexity index is 1010. The summed E-state index contributed by atoms with van der Waals surface area (Å²) in [6.07, 6.45) is 0.650. The average Bonchev–Trinajstić information content (AvgIpc) is 3.02. The molecule has 1 aliphatic heterocycles. The molecule has 3 rings (SSSR count). The van der Waals surface area contributed by atoms with Crippen LogP contribution in [-0.2, 0) is 9.59 Å². The SMILES string of the molecule is CCCN1C(=O)C(Nc2cc(OC)cc(OC)c2)=C(c2ccc(OC)c(OC)c2)C1=O. The first-order valence-corrected chi connectivity index (χ1v) is 9.80. The maximum absolute atomic E-state index is 13.2. The second kappa shape index (κ2) is 9.42. The lowest BCUT2D eigenvalue weighted by Gasteiger charge is -2.14. The highest BCUT2D eigenvalue weighted by Gasteiger charge is 2.39. The summed E-state index contributed by atoms with van der Waals surface area (Å²) in [5.74, 6) is 1.34. The Hall–Kier alpha value is -3.68. The van der Waals surface area contributed by atoms with Crippen molar-refractivity contribution in [2.75, 3.05) is 40.3 Å². The third-order valence-electron chi connectivity index (χ3n) is 4.91. The van der Waals surface area contributed by atoms with Crippen molar-refractivity contribution in [1.82, 2.24) is 4.90 Å². The van der Waals surface area contributed by atoms with Gasteiger partial charge in [0.1, 0.15) is 17.2 Å². The van der Waals surface area contributed by atoms with Gasteiger partial charge in [-0.25, -0.2) is 0 Å². The molecule has 0 bridgehead atoms. The molecule has 2 aromatic rings. The first kappa shape index (κ1) is 22.0. The molecule has 0 saturated carbocycles. The Kier molecular flexibility index (Phi) is 6.69. The lowest BCUT2D eigenvalue weighted by atomic mass is 10.0. The summed E-state index contributed by atoms with van der Waals surface area (Å²) in [5, 5.41) is 3.11. The van der Waals surface area contributed by atoms with Crippen molar-refractivity contribution in [2.45, 2.75) is 13.3 Å². The summed E-state index contributed by atoms with van der Waals surface area (Å²) in [5.41, 5.74) is 1.55. The zero-order chi connectivity index (χ0) is 22.5. The molecule has 164 valence electrons. The minimum absolute atomic E-state index is 0.181. The molecule has 0 spiro atoms. The molecule has 0 saturated heterocycles. The van der Waals surface area contributed by atoms with Crippen molar-refractivity contribution in [1.29, 1.82) is 0 Å². The number of imide groups is 1. The Labute approximate surface area is 181 Å². The van der Waals surface area contributed by atoms with E-state index in [9.17, 15) is 9.59 Å². The normalized spacial score (nSPS) is 13.5. The van der Waals surface area contributed by atoms with Crippen molar-refractivity contribution in [3.05, 3.63) is 47.7 Å². The second-order valence-corrected chi connectivity index (χ2v) is 6.81. The smallest absolute Gasteiger partial charge is 0.278 e. The maximum Gasteiger partial charge on any atom is 0.278 e. The summed E-state index contributed by atoms with van der Waals surface area (Å²) >= 11 is 0. The lowest BCUT2D eigenvalue weighted by Crippen LogP contribution is -2.33. The Morgan fingerprint density at radius 2 is 1.45 bits per heavy atom. The highest BCUT2D eigenvalue weighted by atomic mass is 16.5. The number of hydrogen-bond acceptors (Lipinski definition) is 7. The topological polar surface area (TPSA) is 86.3 Å².